The molecule has 3 nitrogen and oxygen atoms in total. The van der Waals surface area contributed by atoms with Crippen LogP contribution in [0.5, 0.6) is 5.75 Å². The standard InChI is InChI=1S/C17H28N2O/c1-19(13-14-8-7-9-15(12-14)20-2)17-11-6-4-3-5-10-16(17)18/h7-9,12,16-17H,3-6,10-11,13,18H2,1-2H3. The first-order chi connectivity index (χ1) is 9.70. The molecular weight excluding hydrogens is 248 g/mol. The Morgan fingerprint density at radius 3 is 2.70 bits per heavy atom. The van der Waals surface area contributed by atoms with Gasteiger partial charge < -0.3 is 10.5 Å². The molecule has 0 saturated heterocycles. The Labute approximate surface area is 123 Å². The summed E-state index contributed by atoms with van der Waals surface area (Å²) in [5.41, 5.74) is 7.69. The number of methoxy groups -OCH3 is 1. The molecule has 1 aromatic carbocycles. The first-order valence-corrected chi connectivity index (χ1v) is 7.79. The maximum absolute atomic E-state index is 6.39. The Bertz CT molecular complexity index is 408. The van der Waals surface area contributed by atoms with E-state index in [2.05, 4.69) is 30.1 Å². The van der Waals surface area contributed by atoms with Gasteiger partial charge in [-0.05, 0) is 37.6 Å². The van der Waals surface area contributed by atoms with Gasteiger partial charge >= 0.3 is 0 Å². The van der Waals surface area contributed by atoms with Gasteiger partial charge in [-0.25, -0.2) is 0 Å². The minimum atomic E-state index is 0.311. The van der Waals surface area contributed by atoms with E-state index in [1.54, 1.807) is 7.11 Å². The van der Waals surface area contributed by atoms with Crippen molar-refractivity contribution in [2.24, 2.45) is 5.73 Å². The maximum atomic E-state index is 6.39. The van der Waals surface area contributed by atoms with Gasteiger partial charge in [-0.2, -0.15) is 0 Å². The minimum Gasteiger partial charge on any atom is -0.497 e. The van der Waals surface area contributed by atoms with Crippen LogP contribution in [0.2, 0.25) is 0 Å². The van der Waals surface area contributed by atoms with Crippen molar-refractivity contribution in [3.8, 4) is 5.75 Å². The van der Waals surface area contributed by atoms with Crippen LogP contribution in [0.1, 0.15) is 44.1 Å². The number of hydrogen-bond donors (Lipinski definition) is 1. The van der Waals surface area contributed by atoms with Crippen LogP contribution in [0, 0.1) is 0 Å². The smallest absolute Gasteiger partial charge is 0.119 e. The number of nitrogens with zero attached hydrogens (tertiary/aromatic N) is 1. The van der Waals surface area contributed by atoms with Gasteiger partial charge in [0.15, 0.2) is 0 Å². The van der Waals surface area contributed by atoms with Gasteiger partial charge in [0, 0.05) is 18.6 Å². The van der Waals surface area contributed by atoms with E-state index in [0.29, 0.717) is 12.1 Å². The van der Waals surface area contributed by atoms with Gasteiger partial charge in [0.05, 0.1) is 7.11 Å². The summed E-state index contributed by atoms with van der Waals surface area (Å²) in [6.45, 7) is 0.940. The quantitative estimate of drug-likeness (QED) is 0.918. The van der Waals surface area contributed by atoms with Crippen LogP contribution < -0.4 is 10.5 Å². The van der Waals surface area contributed by atoms with Crippen LogP contribution in [0.25, 0.3) is 0 Å². The van der Waals surface area contributed by atoms with Crippen molar-refractivity contribution in [2.45, 2.75) is 57.2 Å². The third-order valence-electron chi connectivity index (χ3n) is 4.41. The second-order valence-corrected chi connectivity index (χ2v) is 5.99. The Morgan fingerprint density at radius 1 is 1.20 bits per heavy atom. The fourth-order valence-corrected chi connectivity index (χ4v) is 3.22. The van der Waals surface area contributed by atoms with Crippen molar-refractivity contribution < 1.29 is 4.74 Å². The fourth-order valence-electron chi connectivity index (χ4n) is 3.22. The van der Waals surface area contributed by atoms with Crippen LogP contribution >= 0.6 is 0 Å². The first kappa shape index (κ1) is 15.3. The minimum absolute atomic E-state index is 0.311. The largest absolute Gasteiger partial charge is 0.497 e. The molecule has 0 heterocycles. The molecule has 2 atom stereocenters. The van der Waals surface area contributed by atoms with E-state index in [1.165, 1.54) is 37.7 Å². The lowest BCUT2D eigenvalue weighted by molar-refractivity contribution is 0.174. The molecule has 1 aliphatic rings. The topological polar surface area (TPSA) is 38.5 Å². The monoisotopic (exact) mass is 276 g/mol. The highest BCUT2D eigenvalue weighted by atomic mass is 16.5. The van der Waals surface area contributed by atoms with Crippen molar-refractivity contribution in [1.29, 1.82) is 0 Å². The molecule has 2 rings (SSSR count). The molecule has 0 spiro atoms. The second-order valence-electron chi connectivity index (χ2n) is 5.99. The summed E-state index contributed by atoms with van der Waals surface area (Å²) in [6, 6.07) is 9.14. The number of likely N-dealkylation sites (N-methyl/N-ethyl adjacent to an activating group) is 1. The van der Waals surface area contributed by atoms with Crippen LogP contribution in [-0.2, 0) is 6.54 Å². The van der Waals surface area contributed by atoms with E-state index >= 15 is 0 Å². The number of nitrogens with two attached hydrogens (primary N) is 1. The predicted octanol–water partition coefficient (Wildman–Crippen LogP) is 3.18. The third-order valence-corrected chi connectivity index (χ3v) is 4.41. The lowest BCUT2D eigenvalue weighted by Crippen LogP contribution is -2.46. The molecule has 3 heteroatoms. The average Bonchev–Trinajstić information content (AvgIpc) is 2.43. The Morgan fingerprint density at radius 2 is 1.95 bits per heavy atom. The molecule has 0 bridgehead atoms. The molecule has 0 radical (unpaired) electrons. The van der Waals surface area contributed by atoms with Gasteiger partial charge in [0.1, 0.15) is 5.75 Å². The van der Waals surface area contributed by atoms with Crippen LogP contribution in [-0.4, -0.2) is 31.1 Å². The zero-order valence-electron chi connectivity index (χ0n) is 12.8. The van der Waals surface area contributed by atoms with Gasteiger partial charge in [0.2, 0.25) is 0 Å². The zero-order valence-corrected chi connectivity index (χ0v) is 12.8. The number of rotatable bonds is 4. The lowest BCUT2D eigenvalue weighted by atomic mass is 9.92. The lowest BCUT2D eigenvalue weighted by Gasteiger charge is -2.34. The van der Waals surface area contributed by atoms with Gasteiger partial charge in [-0.1, -0.05) is 37.8 Å². The highest BCUT2D eigenvalue weighted by molar-refractivity contribution is 5.28. The fraction of sp³-hybridized carbons (Fsp3) is 0.647. The molecule has 2 unspecified atom stereocenters. The van der Waals surface area contributed by atoms with Crippen LogP contribution in [0.4, 0.5) is 0 Å². The second kappa shape index (κ2) is 7.65. The van der Waals surface area contributed by atoms with E-state index in [4.69, 9.17) is 10.5 Å². The van der Waals surface area contributed by atoms with E-state index in [0.717, 1.165) is 18.7 Å². The van der Waals surface area contributed by atoms with Crippen molar-refractivity contribution in [2.75, 3.05) is 14.2 Å². The van der Waals surface area contributed by atoms with E-state index in [-0.39, 0.29) is 0 Å². The Hall–Kier alpha value is -1.06. The number of benzene rings is 1. The van der Waals surface area contributed by atoms with E-state index in [9.17, 15) is 0 Å². The van der Waals surface area contributed by atoms with E-state index < -0.39 is 0 Å². The summed E-state index contributed by atoms with van der Waals surface area (Å²) in [4.78, 5) is 2.42. The van der Waals surface area contributed by atoms with Crippen LogP contribution in [0.3, 0.4) is 0 Å². The average molecular weight is 276 g/mol. The third kappa shape index (κ3) is 4.22. The summed E-state index contributed by atoms with van der Waals surface area (Å²) in [5.74, 6) is 0.929. The molecule has 1 saturated carbocycles. The van der Waals surface area contributed by atoms with Crippen molar-refractivity contribution in [1.82, 2.24) is 4.90 Å². The number of hydrogen-bond acceptors (Lipinski definition) is 3. The highest BCUT2D eigenvalue weighted by Crippen LogP contribution is 2.22. The summed E-state index contributed by atoms with van der Waals surface area (Å²) >= 11 is 0. The number of ether oxygens (including phenoxy) is 1. The van der Waals surface area contributed by atoms with E-state index in [1.807, 2.05) is 6.07 Å². The molecule has 0 aromatic heterocycles. The molecule has 0 amide bonds. The van der Waals surface area contributed by atoms with Crippen molar-refractivity contribution in [3.63, 3.8) is 0 Å². The molecule has 1 aromatic rings. The van der Waals surface area contributed by atoms with Gasteiger partial charge in [0.25, 0.3) is 0 Å². The normalized spacial score (nSPS) is 24.2. The summed E-state index contributed by atoms with van der Waals surface area (Å²) in [7, 11) is 3.92. The molecular formula is C17H28N2O. The molecule has 2 N–H and O–H groups in total. The van der Waals surface area contributed by atoms with Crippen LogP contribution in [0.15, 0.2) is 24.3 Å². The molecule has 0 aliphatic heterocycles. The molecule has 20 heavy (non-hydrogen) atoms. The van der Waals surface area contributed by atoms with Crippen molar-refractivity contribution >= 4 is 0 Å². The Kier molecular flexibility index (Phi) is 5.86. The maximum Gasteiger partial charge on any atom is 0.119 e. The van der Waals surface area contributed by atoms with Crippen molar-refractivity contribution in [3.05, 3.63) is 29.8 Å². The summed E-state index contributed by atoms with van der Waals surface area (Å²) in [6.07, 6.45) is 7.68. The highest BCUT2D eigenvalue weighted by Gasteiger charge is 2.23. The van der Waals surface area contributed by atoms with Gasteiger partial charge in [-0.15, -0.1) is 0 Å². The SMILES string of the molecule is COc1cccc(CN(C)C2CCCCCCC2N)c1. The molecule has 112 valence electrons. The summed E-state index contributed by atoms with van der Waals surface area (Å²) in [5, 5.41) is 0. The molecule has 1 aliphatic carbocycles. The predicted molar refractivity (Wildman–Crippen MR) is 83.9 cm³/mol. The first-order valence-electron chi connectivity index (χ1n) is 7.79. The van der Waals surface area contributed by atoms with Gasteiger partial charge in [-0.3, -0.25) is 4.90 Å². The Balaban J connectivity index is 1.99. The summed E-state index contributed by atoms with van der Waals surface area (Å²) < 4.78 is 5.30. The molecule has 1 fully saturated rings. The zero-order chi connectivity index (χ0) is 14.4.